The number of amides is 2. The van der Waals surface area contributed by atoms with Crippen LogP contribution in [0.5, 0.6) is 0 Å². The molecule has 1 aromatic heterocycles. The van der Waals surface area contributed by atoms with Crippen molar-refractivity contribution in [2.75, 3.05) is 26.2 Å². The summed E-state index contributed by atoms with van der Waals surface area (Å²) in [6.45, 7) is 3.07. The number of aromatic nitrogens is 2. The fourth-order valence-corrected chi connectivity index (χ4v) is 4.62. The Labute approximate surface area is 165 Å². The summed E-state index contributed by atoms with van der Waals surface area (Å²) in [5.74, 6) is 0.434. The Morgan fingerprint density at radius 2 is 2.04 bits per heavy atom. The highest BCUT2D eigenvalue weighted by Gasteiger charge is 2.42. The number of nitrogens with zero attached hydrogens (tertiary/aromatic N) is 3. The van der Waals surface area contributed by atoms with Gasteiger partial charge in [-0.3, -0.25) is 9.59 Å². The number of piperidine rings is 2. The third-order valence-corrected chi connectivity index (χ3v) is 6.17. The maximum Gasteiger partial charge on any atom is 0.227 e. The van der Waals surface area contributed by atoms with Crippen LogP contribution in [0.3, 0.4) is 0 Å². The summed E-state index contributed by atoms with van der Waals surface area (Å²) >= 11 is 0. The summed E-state index contributed by atoms with van der Waals surface area (Å²) in [5.41, 5.74) is 2.16. The van der Waals surface area contributed by atoms with Crippen molar-refractivity contribution in [2.24, 2.45) is 5.41 Å². The van der Waals surface area contributed by atoms with Crippen LogP contribution in [0.4, 0.5) is 0 Å². The van der Waals surface area contributed by atoms with E-state index in [1.165, 1.54) is 0 Å². The maximum absolute atomic E-state index is 12.9. The molecule has 6 heteroatoms. The first-order chi connectivity index (χ1) is 13.6. The van der Waals surface area contributed by atoms with Gasteiger partial charge in [-0.25, -0.2) is 4.98 Å². The van der Waals surface area contributed by atoms with E-state index in [1.54, 1.807) is 6.33 Å². The fraction of sp³-hybridized carbons (Fsp3) is 0.500. The van der Waals surface area contributed by atoms with Gasteiger partial charge in [0.25, 0.3) is 0 Å². The Kier molecular flexibility index (Phi) is 5.46. The quantitative estimate of drug-likeness (QED) is 0.866. The summed E-state index contributed by atoms with van der Waals surface area (Å²) in [6, 6.07) is 9.94. The van der Waals surface area contributed by atoms with Gasteiger partial charge in [-0.2, -0.15) is 0 Å². The Morgan fingerprint density at radius 1 is 1.18 bits per heavy atom. The van der Waals surface area contributed by atoms with Gasteiger partial charge in [0.05, 0.1) is 12.7 Å². The van der Waals surface area contributed by atoms with Crippen molar-refractivity contribution >= 4 is 11.8 Å². The Balaban J connectivity index is 1.38. The van der Waals surface area contributed by atoms with Crippen molar-refractivity contribution in [1.29, 1.82) is 0 Å². The van der Waals surface area contributed by atoms with E-state index in [0.29, 0.717) is 19.4 Å². The van der Waals surface area contributed by atoms with E-state index in [9.17, 15) is 9.59 Å². The molecule has 1 N–H and O–H groups in total. The molecule has 2 amide bonds. The molecule has 0 unspecified atom stereocenters. The SMILES string of the molecule is O=C1CC[C@@]2(CCCN(C(=O)Cc3ccccc3)C2)CN1CCc1cnc[nH]1. The Morgan fingerprint density at radius 3 is 2.82 bits per heavy atom. The average molecular weight is 380 g/mol. The molecular weight excluding hydrogens is 352 g/mol. The van der Waals surface area contributed by atoms with Crippen LogP contribution >= 0.6 is 0 Å². The average Bonchev–Trinajstić information content (AvgIpc) is 3.23. The highest BCUT2D eigenvalue weighted by atomic mass is 16.2. The molecule has 0 saturated carbocycles. The second-order valence-corrected chi connectivity index (χ2v) is 8.22. The molecule has 2 aliphatic heterocycles. The minimum absolute atomic E-state index is 0.0481. The molecule has 0 radical (unpaired) electrons. The number of rotatable bonds is 5. The van der Waals surface area contributed by atoms with Crippen molar-refractivity contribution in [3.63, 3.8) is 0 Å². The number of benzene rings is 1. The maximum atomic E-state index is 12.9. The van der Waals surface area contributed by atoms with Crippen LogP contribution in [0.25, 0.3) is 0 Å². The molecule has 2 aromatic rings. The van der Waals surface area contributed by atoms with Gasteiger partial charge < -0.3 is 14.8 Å². The minimum Gasteiger partial charge on any atom is -0.348 e. The van der Waals surface area contributed by atoms with Crippen molar-refractivity contribution in [1.82, 2.24) is 19.8 Å². The largest absolute Gasteiger partial charge is 0.348 e. The lowest BCUT2D eigenvalue weighted by molar-refractivity contribution is -0.142. The van der Waals surface area contributed by atoms with Crippen LogP contribution in [0.1, 0.15) is 36.9 Å². The van der Waals surface area contributed by atoms with Crippen LogP contribution in [-0.2, 0) is 22.4 Å². The van der Waals surface area contributed by atoms with E-state index >= 15 is 0 Å². The third-order valence-electron chi connectivity index (χ3n) is 6.17. The molecule has 1 spiro atoms. The highest BCUT2D eigenvalue weighted by Crippen LogP contribution is 2.39. The lowest BCUT2D eigenvalue weighted by Gasteiger charge is -2.48. The van der Waals surface area contributed by atoms with Crippen molar-refractivity contribution in [3.05, 3.63) is 54.1 Å². The second kappa shape index (κ2) is 8.17. The summed E-state index contributed by atoms with van der Waals surface area (Å²) in [4.78, 5) is 36.5. The third kappa shape index (κ3) is 4.26. The van der Waals surface area contributed by atoms with Crippen molar-refractivity contribution in [2.45, 2.75) is 38.5 Å². The number of hydrogen-bond acceptors (Lipinski definition) is 3. The Bertz CT molecular complexity index is 805. The molecule has 28 heavy (non-hydrogen) atoms. The van der Waals surface area contributed by atoms with Crippen LogP contribution in [0.15, 0.2) is 42.9 Å². The first-order valence-corrected chi connectivity index (χ1v) is 10.2. The van der Waals surface area contributed by atoms with Gasteiger partial charge in [-0.15, -0.1) is 0 Å². The summed E-state index contributed by atoms with van der Waals surface area (Å²) < 4.78 is 0. The Hall–Kier alpha value is -2.63. The number of carbonyl (C=O) groups is 2. The van der Waals surface area contributed by atoms with Gasteiger partial charge in [-0.1, -0.05) is 30.3 Å². The number of nitrogens with one attached hydrogen (secondary N) is 1. The molecular formula is C22H28N4O2. The molecule has 6 nitrogen and oxygen atoms in total. The first kappa shape index (κ1) is 18.7. The number of carbonyl (C=O) groups excluding carboxylic acids is 2. The molecule has 148 valence electrons. The molecule has 0 bridgehead atoms. The van der Waals surface area contributed by atoms with Gasteiger partial charge >= 0.3 is 0 Å². The number of likely N-dealkylation sites (tertiary alicyclic amines) is 2. The molecule has 2 fully saturated rings. The summed E-state index contributed by atoms with van der Waals surface area (Å²) in [5, 5.41) is 0. The van der Waals surface area contributed by atoms with E-state index in [-0.39, 0.29) is 17.2 Å². The van der Waals surface area contributed by atoms with Gasteiger partial charge in [0, 0.05) is 56.3 Å². The van der Waals surface area contributed by atoms with E-state index in [2.05, 4.69) is 9.97 Å². The molecule has 3 heterocycles. The second-order valence-electron chi connectivity index (χ2n) is 8.22. The van der Waals surface area contributed by atoms with Crippen molar-refractivity contribution < 1.29 is 9.59 Å². The highest BCUT2D eigenvalue weighted by molar-refractivity contribution is 5.79. The van der Waals surface area contributed by atoms with Crippen LogP contribution in [0.2, 0.25) is 0 Å². The predicted octanol–water partition coefficient (Wildman–Crippen LogP) is 2.43. The molecule has 1 aromatic carbocycles. The smallest absolute Gasteiger partial charge is 0.227 e. The summed E-state index contributed by atoms with van der Waals surface area (Å²) in [7, 11) is 0. The van der Waals surface area contributed by atoms with Gasteiger partial charge in [0.15, 0.2) is 0 Å². The van der Waals surface area contributed by atoms with Gasteiger partial charge in [0.1, 0.15) is 0 Å². The number of H-pyrrole nitrogens is 1. The predicted molar refractivity (Wildman–Crippen MR) is 106 cm³/mol. The molecule has 2 aliphatic rings. The van der Waals surface area contributed by atoms with E-state index in [4.69, 9.17) is 0 Å². The minimum atomic E-state index is 0.0481. The zero-order chi connectivity index (χ0) is 19.4. The molecule has 2 saturated heterocycles. The van der Waals surface area contributed by atoms with Crippen LogP contribution in [0, 0.1) is 5.41 Å². The zero-order valence-electron chi connectivity index (χ0n) is 16.3. The molecule has 0 aliphatic carbocycles. The van der Waals surface area contributed by atoms with Crippen LogP contribution in [-0.4, -0.2) is 57.8 Å². The van der Waals surface area contributed by atoms with E-state index < -0.39 is 0 Å². The molecule has 1 atom stereocenters. The van der Waals surface area contributed by atoms with E-state index in [0.717, 1.165) is 56.6 Å². The molecule has 4 rings (SSSR count). The normalized spacial score (nSPS) is 22.6. The number of aromatic amines is 1. The van der Waals surface area contributed by atoms with Gasteiger partial charge in [0.2, 0.25) is 11.8 Å². The lowest BCUT2D eigenvalue weighted by atomic mass is 9.73. The van der Waals surface area contributed by atoms with E-state index in [1.807, 2.05) is 46.3 Å². The standard InChI is InChI=1S/C22H28N4O2/c27-20-7-10-22(16-26(20)12-8-19-14-23-17-24-19)9-4-11-25(15-22)21(28)13-18-5-2-1-3-6-18/h1-3,5-6,14,17H,4,7-13,15-16H2,(H,23,24)/t22-/m1/s1. The first-order valence-electron chi connectivity index (χ1n) is 10.2. The number of imidazole rings is 1. The van der Waals surface area contributed by atoms with Gasteiger partial charge in [-0.05, 0) is 24.8 Å². The summed E-state index contributed by atoms with van der Waals surface area (Å²) in [6.07, 6.45) is 8.32. The van der Waals surface area contributed by atoms with Crippen LogP contribution < -0.4 is 0 Å². The topological polar surface area (TPSA) is 69.3 Å². The van der Waals surface area contributed by atoms with Crippen molar-refractivity contribution in [3.8, 4) is 0 Å². The fourth-order valence-electron chi connectivity index (χ4n) is 4.62. The number of hydrogen-bond donors (Lipinski definition) is 1. The lowest BCUT2D eigenvalue weighted by Crippen LogP contribution is -2.55. The monoisotopic (exact) mass is 380 g/mol. The zero-order valence-corrected chi connectivity index (χ0v) is 16.3.